The molecule has 1 N–H and O–H groups in total. The van der Waals surface area contributed by atoms with Crippen LogP contribution in [0.2, 0.25) is 0 Å². The molecule has 0 saturated heterocycles. The summed E-state index contributed by atoms with van der Waals surface area (Å²) >= 11 is 0. The standard InChI is InChI=1S/C57H44N2O/c1-4-15-38(16-5-1)47-32-29-39-17-10-11-24-46(39)50-36-42(30-33-49(47)50)43-31-34-54-51(37-43)56-48(25-13-28-55(56)60-54)44-22-12-23-45(35-44)53-27-14-26-52(40-18-6-2-7-19-40)58-57(59-53)41-20-8-3-9-21-41/h1-13,15-26,28,30-31,33-37,47,53H,14,27,29,32H2,(H,58,59)/b52-26-. The normalized spacial score (nSPS) is 17.3. The van der Waals surface area contributed by atoms with Crippen LogP contribution in [0, 0.1) is 0 Å². The van der Waals surface area contributed by atoms with Gasteiger partial charge in [-0.2, -0.15) is 0 Å². The lowest BCUT2D eigenvalue weighted by molar-refractivity contribution is 0.657. The first-order chi connectivity index (χ1) is 29.7. The largest absolute Gasteiger partial charge is 0.456 e. The molecule has 60 heavy (non-hydrogen) atoms. The lowest BCUT2D eigenvalue weighted by Crippen LogP contribution is -2.25. The average molecular weight is 773 g/mol. The van der Waals surface area contributed by atoms with E-state index < -0.39 is 0 Å². The van der Waals surface area contributed by atoms with Crippen molar-refractivity contribution in [1.82, 2.24) is 5.32 Å². The number of aryl methyl sites for hydroxylation is 1. The second-order valence-electron chi connectivity index (χ2n) is 16.1. The van der Waals surface area contributed by atoms with Crippen LogP contribution in [-0.2, 0) is 6.42 Å². The average Bonchev–Trinajstić information content (AvgIpc) is 3.60. The van der Waals surface area contributed by atoms with Gasteiger partial charge >= 0.3 is 0 Å². The minimum Gasteiger partial charge on any atom is -0.456 e. The molecule has 1 aliphatic carbocycles. The first-order valence-corrected chi connectivity index (χ1v) is 21.2. The van der Waals surface area contributed by atoms with Crippen LogP contribution in [-0.4, -0.2) is 5.84 Å². The van der Waals surface area contributed by atoms with E-state index in [0.717, 1.165) is 81.4 Å². The summed E-state index contributed by atoms with van der Waals surface area (Å²) in [5.74, 6) is 1.23. The maximum Gasteiger partial charge on any atom is 0.136 e. The third kappa shape index (κ3) is 6.72. The number of nitrogens with one attached hydrogen (secondary N) is 1. The predicted octanol–water partition coefficient (Wildman–Crippen LogP) is 14.6. The summed E-state index contributed by atoms with van der Waals surface area (Å²) in [6, 6.07) is 70.2. The van der Waals surface area contributed by atoms with E-state index in [1.807, 2.05) is 0 Å². The number of rotatable bonds is 6. The van der Waals surface area contributed by atoms with E-state index in [9.17, 15) is 0 Å². The zero-order chi connectivity index (χ0) is 39.8. The molecule has 288 valence electrons. The van der Waals surface area contributed by atoms with Crippen molar-refractivity contribution in [3.63, 3.8) is 0 Å². The van der Waals surface area contributed by atoms with Crippen molar-refractivity contribution in [1.29, 1.82) is 0 Å². The zero-order valence-corrected chi connectivity index (χ0v) is 33.4. The summed E-state index contributed by atoms with van der Waals surface area (Å²) in [6.45, 7) is 0. The zero-order valence-electron chi connectivity index (χ0n) is 33.4. The van der Waals surface area contributed by atoms with E-state index in [-0.39, 0.29) is 6.04 Å². The SMILES string of the molecule is C1=C(/c2ccccc2)NC(c2ccccc2)=NC(c2cccc(-c3cccc4oc5ccc(-c6ccc7c(c6)-c6ccccc6CCC7c6ccccc6)cc5c34)c2)CC/1. The molecule has 2 unspecified atom stereocenters. The molecule has 2 heterocycles. The fraction of sp³-hybridized carbons (Fsp3) is 0.105. The minimum atomic E-state index is -0.0204. The maximum absolute atomic E-state index is 6.57. The number of hydrogen-bond donors (Lipinski definition) is 1. The van der Waals surface area contributed by atoms with Crippen LogP contribution in [0.3, 0.4) is 0 Å². The van der Waals surface area contributed by atoms with Gasteiger partial charge in [-0.05, 0) is 117 Å². The van der Waals surface area contributed by atoms with Crippen molar-refractivity contribution in [2.75, 3.05) is 0 Å². The minimum absolute atomic E-state index is 0.0204. The molecular weight excluding hydrogens is 729 g/mol. The number of benzene rings is 8. The van der Waals surface area contributed by atoms with E-state index in [1.165, 1.54) is 44.5 Å². The summed E-state index contributed by atoms with van der Waals surface area (Å²) < 4.78 is 6.57. The van der Waals surface area contributed by atoms with Crippen LogP contribution in [0.5, 0.6) is 0 Å². The van der Waals surface area contributed by atoms with Crippen LogP contribution in [0.1, 0.15) is 64.6 Å². The van der Waals surface area contributed by atoms with Gasteiger partial charge in [-0.3, -0.25) is 4.99 Å². The first-order valence-electron chi connectivity index (χ1n) is 21.2. The Kier molecular flexibility index (Phi) is 9.28. The van der Waals surface area contributed by atoms with Gasteiger partial charge in [-0.1, -0.05) is 170 Å². The third-order valence-corrected chi connectivity index (χ3v) is 12.5. The van der Waals surface area contributed by atoms with Crippen molar-refractivity contribution in [3.05, 3.63) is 234 Å². The molecule has 2 atom stereocenters. The molecule has 9 aromatic rings. The molecule has 0 bridgehead atoms. The number of amidine groups is 1. The summed E-state index contributed by atoms with van der Waals surface area (Å²) in [5, 5.41) is 5.99. The Balaban J connectivity index is 0.984. The second kappa shape index (κ2) is 15.5. The van der Waals surface area contributed by atoms with Crippen molar-refractivity contribution >= 4 is 33.5 Å². The van der Waals surface area contributed by atoms with Gasteiger partial charge in [0, 0.05) is 28.0 Å². The van der Waals surface area contributed by atoms with Crippen molar-refractivity contribution in [3.8, 4) is 33.4 Å². The van der Waals surface area contributed by atoms with E-state index in [2.05, 4.69) is 206 Å². The van der Waals surface area contributed by atoms with Gasteiger partial charge in [0.2, 0.25) is 0 Å². The Morgan fingerprint density at radius 3 is 2.02 bits per heavy atom. The molecule has 1 aliphatic heterocycles. The molecule has 1 aromatic heterocycles. The van der Waals surface area contributed by atoms with Crippen molar-refractivity contribution < 1.29 is 4.42 Å². The van der Waals surface area contributed by atoms with Gasteiger partial charge in [-0.25, -0.2) is 0 Å². The molecule has 0 spiro atoms. The van der Waals surface area contributed by atoms with Gasteiger partial charge in [0.1, 0.15) is 17.0 Å². The predicted molar refractivity (Wildman–Crippen MR) is 249 cm³/mol. The van der Waals surface area contributed by atoms with Gasteiger partial charge in [0.25, 0.3) is 0 Å². The Hall–Kier alpha value is -7.23. The highest BCUT2D eigenvalue weighted by Crippen LogP contribution is 2.44. The summed E-state index contributed by atoms with van der Waals surface area (Å²) in [4.78, 5) is 5.45. The number of nitrogens with zero attached hydrogens (tertiary/aromatic N) is 1. The van der Waals surface area contributed by atoms with Gasteiger partial charge in [-0.15, -0.1) is 0 Å². The number of fused-ring (bicyclic) bond motifs is 6. The third-order valence-electron chi connectivity index (χ3n) is 12.5. The molecule has 3 nitrogen and oxygen atoms in total. The van der Waals surface area contributed by atoms with Gasteiger partial charge in [0.05, 0.1) is 6.04 Å². The summed E-state index contributed by atoms with van der Waals surface area (Å²) in [5.41, 5.74) is 17.9. The van der Waals surface area contributed by atoms with Crippen LogP contribution in [0.25, 0.3) is 61.0 Å². The number of furan rings is 1. The maximum atomic E-state index is 6.57. The Bertz CT molecular complexity index is 3070. The molecule has 0 radical (unpaired) electrons. The number of aliphatic imine (C=N–C) groups is 1. The smallest absolute Gasteiger partial charge is 0.136 e. The highest BCUT2D eigenvalue weighted by molar-refractivity contribution is 6.13. The van der Waals surface area contributed by atoms with Crippen LogP contribution < -0.4 is 5.32 Å². The molecule has 3 heteroatoms. The van der Waals surface area contributed by atoms with E-state index in [1.54, 1.807) is 0 Å². The van der Waals surface area contributed by atoms with Crippen LogP contribution in [0.4, 0.5) is 0 Å². The Morgan fingerprint density at radius 1 is 0.483 bits per heavy atom. The summed E-state index contributed by atoms with van der Waals surface area (Å²) in [7, 11) is 0. The lowest BCUT2D eigenvalue weighted by atomic mass is 9.84. The highest BCUT2D eigenvalue weighted by atomic mass is 16.3. The summed E-state index contributed by atoms with van der Waals surface area (Å²) in [6.07, 6.45) is 6.28. The Morgan fingerprint density at radius 2 is 1.17 bits per heavy atom. The second-order valence-corrected chi connectivity index (χ2v) is 16.1. The molecule has 11 rings (SSSR count). The lowest BCUT2D eigenvalue weighted by Gasteiger charge is -2.22. The molecule has 0 fully saturated rings. The number of hydrogen-bond acceptors (Lipinski definition) is 3. The fourth-order valence-corrected chi connectivity index (χ4v) is 9.53. The van der Waals surface area contributed by atoms with Crippen molar-refractivity contribution in [2.24, 2.45) is 4.99 Å². The molecule has 8 aromatic carbocycles. The van der Waals surface area contributed by atoms with E-state index in [0.29, 0.717) is 5.92 Å². The monoisotopic (exact) mass is 772 g/mol. The van der Waals surface area contributed by atoms with Gasteiger partial charge in [0.15, 0.2) is 0 Å². The highest BCUT2D eigenvalue weighted by Gasteiger charge is 2.25. The van der Waals surface area contributed by atoms with Crippen molar-refractivity contribution in [2.45, 2.75) is 37.6 Å². The fourth-order valence-electron chi connectivity index (χ4n) is 9.53. The van der Waals surface area contributed by atoms with Crippen LogP contribution in [0.15, 0.2) is 210 Å². The number of allylic oxidation sites excluding steroid dienone is 1. The van der Waals surface area contributed by atoms with Gasteiger partial charge < -0.3 is 9.73 Å². The van der Waals surface area contributed by atoms with E-state index in [4.69, 9.17) is 9.41 Å². The molecular formula is C57H44N2O. The first kappa shape index (κ1) is 35.9. The van der Waals surface area contributed by atoms with Crippen LogP contribution >= 0.6 is 0 Å². The Labute approximate surface area is 351 Å². The quantitative estimate of drug-likeness (QED) is 0.183. The molecule has 2 aliphatic rings. The molecule has 0 saturated carbocycles. The topological polar surface area (TPSA) is 37.5 Å². The molecule has 0 amide bonds. The van der Waals surface area contributed by atoms with E-state index >= 15 is 0 Å².